The maximum absolute atomic E-state index is 12.0. The Morgan fingerprint density at radius 3 is 1.16 bits per heavy atom. The summed E-state index contributed by atoms with van der Waals surface area (Å²) in [4.78, 5) is 41.2. The smallest absolute Gasteiger partial charge is 0.269 e. The first-order chi connectivity index (χ1) is 35.2. The van der Waals surface area contributed by atoms with Crippen LogP contribution in [-0.2, 0) is 47.4 Å². The van der Waals surface area contributed by atoms with E-state index in [4.69, 9.17) is 57.3 Å². The molecule has 2 aromatic carbocycles. The van der Waals surface area contributed by atoms with Gasteiger partial charge in [0, 0.05) is 68.6 Å². The molecule has 13 rings (SSSR count). The number of aromatic nitrogens is 4. The summed E-state index contributed by atoms with van der Waals surface area (Å²) in [5.74, 6) is -4.01. The van der Waals surface area contributed by atoms with Crippen molar-refractivity contribution in [2.75, 3.05) is 0 Å². The minimum Gasteiger partial charge on any atom is -0.355 e. The van der Waals surface area contributed by atoms with Gasteiger partial charge in [-0.3, -0.25) is 20.2 Å². The summed E-state index contributed by atoms with van der Waals surface area (Å²) in [5.41, 5.74) is 8.25. The molecular formula is C54H52N6O14. The number of nitrogens with one attached hydrogen (secondary N) is 2. The topological polar surface area (TPSA) is 236 Å². The molecule has 0 unspecified atom stereocenters. The van der Waals surface area contributed by atoms with Gasteiger partial charge in [-0.1, -0.05) is 0 Å². The molecule has 382 valence electrons. The maximum atomic E-state index is 12.0. The maximum Gasteiger partial charge on any atom is 0.269 e. The van der Waals surface area contributed by atoms with E-state index in [1.165, 1.54) is 24.3 Å². The number of nitro benzene ring substituents is 2. The number of fused-ring (bicyclic) bond motifs is 14. The number of hydrogen-bond donors (Lipinski definition) is 2. The van der Waals surface area contributed by atoms with Crippen LogP contribution in [0.1, 0.15) is 102 Å². The predicted molar refractivity (Wildman–Crippen MR) is 266 cm³/mol. The monoisotopic (exact) mass is 1010 g/mol. The summed E-state index contributed by atoms with van der Waals surface area (Å²) in [7, 11) is 0. The second-order valence-corrected chi connectivity index (χ2v) is 21.4. The van der Waals surface area contributed by atoms with Crippen molar-refractivity contribution in [3.05, 3.63) is 127 Å². The first-order valence-corrected chi connectivity index (χ1v) is 24.6. The van der Waals surface area contributed by atoms with Crippen LogP contribution >= 0.6 is 0 Å². The predicted octanol–water partition coefficient (Wildman–Crippen LogP) is 9.94. The second-order valence-electron chi connectivity index (χ2n) is 21.4. The van der Waals surface area contributed by atoms with Crippen LogP contribution in [0.5, 0.6) is 0 Å². The Labute approximate surface area is 422 Å². The van der Waals surface area contributed by atoms with Gasteiger partial charge < -0.3 is 57.3 Å². The lowest BCUT2D eigenvalue weighted by molar-refractivity contribution is -0.385. The van der Waals surface area contributed by atoms with E-state index < -0.39 is 94.4 Å². The molecule has 11 heterocycles. The van der Waals surface area contributed by atoms with Crippen LogP contribution in [-0.4, -0.2) is 102 Å². The van der Waals surface area contributed by atoms with Crippen LogP contribution in [0, 0.1) is 20.2 Å². The van der Waals surface area contributed by atoms with E-state index in [-0.39, 0.29) is 11.4 Å². The quantitative estimate of drug-likeness (QED) is 0.116. The number of nitrogens with zero attached hydrogens (tertiary/aromatic N) is 4. The fourth-order valence-corrected chi connectivity index (χ4v) is 11.6. The van der Waals surface area contributed by atoms with Gasteiger partial charge in [-0.15, -0.1) is 0 Å². The lowest BCUT2D eigenvalue weighted by Crippen LogP contribution is -2.51. The van der Waals surface area contributed by atoms with E-state index >= 15 is 0 Å². The highest BCUT2D eigenvalue weighted by molar-refractivity contribution is 5.95. The Balaban J connectivity index is 1.11. The summed E-state index contributed by atoms with van der Waals surface area (Å²) in [6.45, 7) is 14.7. The lowest BCUT2D eigenvalue weighted by Gasteiger charge is -2.37. The first kappa shape index (κ1) is 47.2. The van der Waals surface area contributed by atoms with Gasteiger partial charge in [0.25, 0.3) is 11.4 Å². The van der Waals surface area contributed by atoms with Gasteiger partial charge in [-0.25, -0.2) is 9.97 Å². The van der Waals surface area contributed by atoms with Gasteiger partial charge in [0.2, 0.25) is 0 Å². The molecule has 10 atom stereocenters. The van der Waals surface area contributed by atoms with Gasteiger partial charge in [0.1, 0.15) is 48.8 Å². The number of H-pyrrole nitrogens is 2. The molecule has 0 saturated carbocycles. The van der Waals surface area contributed by atoms with Crippen molar-refractivity contribution in [1.82, 2.24) is 19.9 Å². The van der Waals surface area contributed by atoms with Gasteiger partial charge in [0.15, 0.2) is 35.7 Å². The van der Waals surface area contributed by atoms with Crippen LogP contribution in [0.2, 0.25) is 0 Å². The Kier molecular flexibility index (Phi) is 10.5. The van der Waals surface area contributed by atoms with Crippen molar-refractivity contribution in [3.8, 4) is 22.3 Å². The molecule has 74 heavy (non-hydrogen) atoms. The summed E-state index contributed by atoms with van der Waals surface area (Å²) >= 11 is 0. The normalized spacial score (nSPS) is 30.4. The number of aromatic amines is 2. The molecule has 6 saturated heterocycles. The number of hydrogen-bond acceptors (Lipinski definition) is 16. The Morgan fingerprint density at radius 1 is 0.419 bits per heavy atom. The molecule has 0 spiro atoms. The third-order valence-corrected chi connectivity index (χ3v) is 14.4. The number of ether oxygens (including phenoxy) is 10. The van der Waals surface area contributed by atoms with Crippen LogP contribution < -0.4 is 0 Å². The largest absolute Gasteiger partial charge is 0.355 e. The molecule has 8 aliphatic rings. The second kappa shape index (κ2) is 16.5. The zero-order valence-electron chi connectivity index (χ0n) is 41.5. The third kappa shape index (κ3) is 7.90. The van der Waals surface area contributed by atoms with Crippen molar-refractivity contribution in [1.29, 1.82) is 0 Å². The van der Waals surface area contributed by atoms with Crippen molar-refractivity contribution < 1.29 is 57.2 Å². The average molecular weight is 1010 g/mol. The highest BCUT2D eigenvalue weighted by atomic mass is 16.9. The molecule has 0 radical (unpaired) electrons. The summed E-state index contributed by atoms with van der Waals surface area (Å²) < 4.78 is 66.1. The fourth-order valence-electron chi connectivity index (χ4n) is 11.6. The Hall–Kier alpha value is -6.56. The van der Waals surface area contributed by atoms with Gasteiger partial charge in [-0.2, -0.15) is 0 Å². The molecule has 20 nitrogen and oxygen atoms in total. The molecule has 3 aromatic heterocycles. The molecule has 5 aromatic rings. The van der Waals surface area contributed by atoms with Crippen molar-refractivity contribution in [3.63, 3.8) is 0 Å². The highest BCUT2D eigenvalue weighted by Crippen LogP contribution is 2.52. The standard InChI is InChI=1S/C54H52N6O14/c1-51(2)67-43-41(65-49-47(45(43)69-51)71-53(5,6)73-49)39-33-21-17-29(55-33)37(25-9-13-27(14-10-25)59(61)62)31-19-23-35(57-31)40(42-44-46(70-52(3,4)68-44)48-50(66-42)74-54(7,8)72-48)36-24-20-32(58-36)38(30-18-22-34(39)56-30)26-11-15-28(16-12-26)60(63)64/h9-24,41-50,55,57H,1-8H3/t41-,42-,43+,44+,45+,46+,47-,48-,49-,50-/m1/s1. The minimum absolute atomic E-state index is 0.0650. The number of rotatable bonds is 6. The lowest BCUT2D eigenvalue weighted by atomic mass is 9.93. The summed E-state index contributed by atoms with van der Waals surface area (Å²) in [6, 6.07) is 20.4. The van der Waals surface area contributed by atoms with E-state index in [9.17, 15) is 20.2 Å². The third-order valence-electron chi connectivity index (χ3n) is 14.4. The molecular weight excluding hydrogens is 957 g/mol. The van der Waals surface area contributed by atoms with E-state index in [0.29, 0.717) is 78.2 Å². The average Bonchev–Trinajstić information content (AvgIpc) is 4.20. The van der Waals surface area contributed by atoms with Crippen molar-refractivity contribution in [2.24, 2.45) is 0 Å². The molecule has 8 bridgehead atoms. The SMILES string of the molecule is CC1(C)O[C@H]2[C@@H](O1)[C@@H](c1c3nc(c(-c4ccc([N+](=O)[O-])cc4)c4nc(c([C@H]5O[C@@H]6OC(C)(C)O[C@@H]6[C@H]6OC(C)(C)O[C@H]65)c5ccc([nH]5)c(-c5ccc([N+](=O)[O-])cc5)c5ccc1[nH]5)C=C4)C=C3)O[C@@H]1OC(C)(C)O[C@@H]12. The van der Waals surface area contributed by atoms with E-state index in [2.05, 4.69) is 9.97 Å². The fraction of sp³-hybridized carbons (Fsp3) is 0.407. The number of non-ortho nitro benzene ring substituents is 2. The van der Waals surface area contributed by atoms with Gasteiger partial charge >= 0.3 is 0 Å². The van der Waals surface area contributed by atoms with E-state index in [1.807, 2.05) is 104 Å². The molecule has 0 amide bonds. The van der Waals surface area contributed by atoms with Gasteiger partial charge in [0.05, 0.1) is 32.6 Å². The highest BCUT2D eigenvalue weighted by Gasteiger charge is 2.63. The van der Waals surface area contributed by atoms with Crippen LogP contribution in [0.4, 0.5) is 11.4 Å². The summed E-state index contributed by atoms with van der Waals surface area (Å²) in [6.07, 6.45) is 0.365. The first-order valence-electron chi connectivity index (χ1n) is 24.6. The molecule has 20 heteroatoms. The molecule has 6 fully saturated rings. The van der Waals surface area contributed by atoms with Crippen molar-refractivity contribution in [2.45, 2.75) is 140 Å². The minimum atomic E-state index is -1.02. The molecule has 8 aliphatic heterocycles. The Morgan fingerprint density at radius 2 is 0.757 bits per heavy atom. The Bertz CT molecular complexity index is 3250. The number of nitro groups is 2. The van der Waals surface area contributed by atoms with E-state index in [1.54, 1.807) is 24.3 Å². The molecule has 0 aliphatic carbocycles. The van der Waals surface area contributed by atoms with Crippen LogP contribution in [0.3, 0.4) is 0 Å². The van der Waals surface area contributed by atoms with Crippen molar-refractivity contribution >= 4 is 57.7 Å². The number of benzene rings is 2. The summed E-state index contributed by atoms with van der Waals surface area (Å²) in [5, 5.41) is 23.9. The van der Waals surface area contributed by atoms with Crippen LogP contribution in [0.25, 0.3) is 68.6 Å². The molecule has 2 N–H and O–H groups in total. The van der Waals surface area contributed by atoms with Gasteiger partial charge in [-0.05, 0) is 139 Å². The zero-order chi connectivity index (χ0) is 51.4. The zero-order valence-corrected chi connectivity index (χ0v) is 41.5. The van der Waals surface area contributed by atoms with Crippen LogP contribution in [0.15, 0.2) is 72.8 Å². The van der Waals surface area contributed by atoms with E-state index in [0.717, 1.165) is 0 Å².